The molecule has 0 amide bonds. The summed E-state index contributed by atoms with van der Waals surface area (Å²) in [5, 5.41) is 0. The van der Waals surface area contributed by atoms with Gasteiger partial charge < -0.3 is 0 Å². The molecule has 1 rings (SSSR count). The molecule has 16 heavy (non-hydrogen) atoms. The first-order valence-corrected chi connectivity index (χ1v) is 5.28. The first-order valence-electron chi connectivity index (χ1n) is 5.28. The third-order valence-electron chi connectivity index (χ3n) is 1.49. The van der Waals surface area contributed by atoms with Crippen LogP contribution in [-0.2, 0) is 0 Å². The third-order valence-corrected chi connectivity index (χ3v) is 1.49. The fraction of sp³-hybridized carbons (Fsp3) is 0.125. The molecule has 0 radical (unpaired) electrons. The van der Waals surface area contributed by atoms with Gasteiger partial charge in [-0.3, -0.25) is 0 Å². The minimum Gasteiger partial charge on any atom is -0.103 e. The lowest BCUT2D eigenvalue weighted by atomic mass is 10.2. The quantitative estimate of drug-likeness (QED) is 0.475. The van der Waals surface area contributed by atoms with E-state index < -0.39 is 0 Å². The van der Waals surface area contributed by atoms with Gasteiger partial charge in [0.25, 0.3) is 0 Å². The van der Waals surface area contributed by atoms with Crippen LogP contribution in [0.3, 0.4) is 0 Å². The Labute approximate surface area is 100 Å². The molecule has 0 aliphatic rings. The summed E-state index contributed by atoms with van der Waals surface area (Å²) in [7, 11) is 0. The van der Waals surface area contributed by atoms with Gasteiger partial charge >= 0.3 is 0 Å². The Bertz CT molecular complexity index is 274. The summed E-state index contributed by atoms with van der Waals surface area (Å²) in [6.07, 6.45) is 8.07. The molecule has 0 fully saturated rings. The van der Waals surface area contributed by atoms with E-state index in [-0.39, 0.29) is 0 Å². The first kappa shape index (κ1) is 16.6. The topological polar surface area (TPSA) is 0 Å². The molecule has 0 aliphatic carbocycles. The van der Waals surface area contributed by atoms with Crippen LogP contribution in [0.2, 0.25) is 0 Å². The van der Waals surface area contributed by atoms with Crippen molar-refractivity contribution in [3.05, 3.63) is 80.4 Å². The van der Waals surface area contributed by atoms with Crippen LogP contribution in [0.4, 0.5) is 0 Å². The lowest BCUT2D eigenvalue weighted by Gasteiger charge is -1.85. The fourth-order valence-electron chi connectivity index (χ4n) is 0.589. The van der Waals surface area contributed by atoms with Crippen LogP contribution < -0.4 is 0 Å². The molecule has 0 aliphatic heterocycles. The van der Waals surface area contributed by atoms with Crippen LogP contribution >= 0.6 is 0 Å². The van der Waals surface area contributed by atoms with Crippen molar-refractivity contribution in [3.8, 4) is 0 Å². The standard InChI is InChI=1S/C8H8.C4H8.C4H6/c1-2-8-6-4-3-5-7-8;2*1-3-4-2/h2-7H,1H2;3H,1,4H2,2H3;3-4H,1-2H2. The maximum absolute atomic E-state index is 3.63. The van der Waals surface area contributed by atoms with E-state index in [0.717, 1.165) is 6.42 Å². The largest absolute Gasteiger partial charge is 0.103 e. The predicted octanol–water partition coefficient (Wildman–Crippen LogP) is 5.27. The Hall–Kier alpha value is -1.82. The monoisotopic (exact) mass is 214 g/mol. The van der Waals surface area contributed by atoms with E-state index in [1.807, 2.05) is 42.5 Å². The molecular formula is C16H22. The molecule has 0 saturated heterocycles. The van der Waals surface area contributed by atoms with Crippen LogP contribution in [0, 0.1) is 0 Å². The van der Waals surface area contributed by atoms with Gasteiger partial charge in [-0.05, 0) is 12.0 Å². The molecule has 86 valence electrons. The van der Waals surface area contributed by atoms with E-state index in [2.05, 4.69) is 33.2 Å². The van der Waals surface area contributed by atoms with Crippen molar-refractivity contribution in [2.45, 2.75) is 13.3 Å². The Balaban J connectivity index is 0. The van der Waals surface area contributed by atoms with Crippen molar-refractivity contribution in [3.63, 3.8) is 0 Å². The van der Waals surface area contributed by atoms with Gasteiger partial charge in [0.1, 0.15) is 0 Å². The molecular weight excluding hydrogens is 192 g/mol. The number of benzene rings is 1. The average Bonchev–Trinajstić information content (AvgIpc) is 2.40. The zero-order valence-electron chi connectivity index (χ0n) is 10.2. The Morgan fingerprint density at radius 2 is 1.38 bits per heavy atom. The summed E-state index contributed by atoms with van der Waals surface area (Å²) < 4.78 is 0. The van der Waals surface area contributed by atoms with E-state index in [4.69, 9.17) is 0 Å². The molecule has 0 nitrogen and oxygen atoms in total. The SMILES string of the molecule is C=CC=C.C=CCC.C=Cc1ccccc1. The summed E-state index contributed by atoms with van der Waals surface area (Å²) in [5.74, 6) is 0. The van der Waals surface area contributed by atoms with Crippen LogP contribution in [0.5, 0.6) is 0 Å². The number of hydrogen-bond donors (Lipinski definition) is 0. The van der Waals surface area contributed by atoms with E-state index in [0.29, 0.717) is 0 Å². The Kier molecular flexibility index (Phi) is 16.2. The Morgan fingerprint density at radius 3 is 1.56 bits per heavy atom. The smallest absolute Gasteiger partial charge is 0.0263 e. The highest BCUT2D eigenvalue weighted by atomic mass is 13.8. The van der Waals surface area contributed by atoms with Crippen molar-refractivity contribution in [1.82, 2.24) is 0 Å². The minimum absolute atomic E-state index is 1.08. The van der Waals surface area contributed by atoms with Crippen LogP contribution in [0.25, 0.3) is 6.08 Å². The second-order valence-corrected chi connectivity index (χ2v) is 2.78. The minimum atomic E-state index is 1.08. The van der Waals surface area contributed by atoms with E-state index in [1.165, 1.54) is 5.56 Å². The average molecular weight is 214 g/mol. The van der Waals surface area contributed by atoms with Gasteiger partial charge in [-0.15, -0.1) is 6.58 Å². The molecule has 0 heteroatoms. The van der Waals surface area contributed by atoms with Gasteiger partial charge in [-0.25, -0.2) is 0 Å². The maximum atomic E-state index is 3.63. The lowest BCUT2D eigenvalue weighted by Crippen LogP contribution is -1.63. The van der Waals surface area contributed by atoms with Crippen LogP contribution in [0.15, 0.2) is 74.9 Å². The van der Waals surface area contributed by atoms with E-state index in [9.17, 15) is 0 Å². The molecule has 1 aromatic carbocycles. The van der Waals surface area contributed by atoms with Crippen molar-refractivity contribution in [2.24, 2.45) is 0 Å². The van der Waals surface area contributed by atoms with Crippen molar-refractivity contribution < 1.29 is 0 Å². The lowest BCUT2D eigenvalue weighted by molar-refractivity contribution is 1.23. The molecule has 0 N–H and O–H groups in total. The van der Waals surface area contributed by atoms with Gasteiger partial charge in [-0.1, -0.05) is 81.3 Å². The predicted molar refractivity (Wildman–Crippen MR) is 77.4 cm³/mol. The number of allylic oxidation sites excluding steroid dienone is 3. The van der Waals surface area contributed by atoms with Crippen LogP contribution in [-0.4, -0.2) is 0 Å². The molecule has 0 saturated carbocycles. The highest BCUT2D eigenvalue weighted by Crippen LogP contribution is 1.97. The first-order chi connectivity index (χ1) is 7.76. The van der Waals surface area contributed by atoms with Gasteiger partial charge in [-0.2, -0.15) is 0 Å². The molecule has 1 aromatic rings. The highest BCUT2D eigenvalue weighted by molar-refractivity contribution is 5.45. The molecule has 0 heterocycles. The van der Waals surface area contributed by atoms with Crippen molar-refractivity contribution in [1.29, 1.82) is 0 Å². The highest BCUT2D eigenvalue weighted by Gasteiger charge is 1.75. The maximum Gasteiger partial charge on any atom is -0.0263 e. The molecule has 0 aromatic heterocycles. The molecule has 0 spiro atoms. The second kappa shape index (κ2) is 15.6. The van der Waals surface area contributed by atoms with Gasteiger partial charge in [0, 0.05) is 0 Å². The van der Waals surface area contributed by atoms with Gasteiger partial charge in [0.05, 0.1) is 0 Å². The summed E-state index contributed by atoms with van der Waals surface area (Å²) >= 11 is 0. The fourth-order valence-corrected chi connectivity index (χ4v) is 0.589. The van der Waals surface area contributed by atoms with Gasteiger partial charge in [0.2, 0.25) is 0 Å². The molecule has 0 bridgehead atoms. The Morgan fingerprint density at radius 1 is 0.938 bits per heavy atom. The number of hydrogen-bond acceptors (Lipinski definition) is 0. The summed E-state index contributed by atoms with van der Waals surface area (Å²) in [6, 6.07) is 10.0. The summed E-state index contributed by atoms with van der Waals surface area (Å²) in [4.78, 5) is 0. The molecule has 0 unspecified atom stereocenters. The summed E-state index contributed by atoms with van der Waals surface area (Å²) in [5.41, 5.74) is 1.17. The van der Waals surface area contributed by atoms with Gasteiger partial charge in [0.15, 0.2) is 0 Å². The normalized spacial score (nSPS) is 7.06. The van der Waals surface area contributed by atoms with E-state index >= 15 is 0 Å². The second-order valence-electron chi connectivity index (χ2n) is 2.78. The van der Waals surface area contributed by atoms with E-state index in [1.54, 1.807) is 12.2 Å². The van der Waals surface area contributed by atoms with Crippen LogP contribution in [0.1, 0.15) is 18.9 Å². The molecule has 0 atom stereocenters. The van der Waals surface area contributed by atoms with Crippen molar-refractivity contribution >= 4 is 6.08 Å². The zero-order valence-corrected chi connectivity index (χ0v) is 10.2. The summed E-state index contributed by atoms with van der Waals surface area (Å²) in [6.45, 7) is 15.9. The third kappa shape index (κ3) is 14.7. The van der Waals surface area contributed by atoms with Crippen molar-refractivity contribution in [2.75, 3.05) is 0 Å². The zero-order chi connectivity index (χ0) is 12.6. The number of rotatable bonds is 3.